The lowest BCUT2D eigenvalue weighted by atomic mass is 9.87. The van der Waals surface area contributed by atoms with Crippen LogP contribution in [0.2, 0.25) is 0 Å². The molecule has 0 aromatic carbocycles. The lowest BCUT2D eigenvalue weighted by Gasteiger charge is -2.22. The Hall–Kier alpha value is -1.43. The Morgan fingerprint density at radius 1 is 1.50 bits per heavy atom. The van der Waals surface area contributed by atoms with Crippen molar-refractivity contribution in [1.29, 1.82) is 0 Å². The Morgan fingerprint density at radius 2 is 2.17 bits per heavy atom. The van der Waals surface area contributed by atoms with Gasteiger partial charge < -0.3 is 10.5 Å². The summed E-state index contributed by atoms with van der Waals surface area (Å²) < 4.78 is 4.81. The van der Waals surface area contributed by atoms with Gasteiger partial charge in [0, 0.05) is 12.5 Å². The van der Waals surface area contributed by atoms with Gasteiger partial charge in [0.2, 0.25) is 0 Å². The largest absolute Gasteiger partial charge is 0.460 e. The Morgan fingerprint density at radius 3 is 2.72 bits per heavy atom. The quantitative estimate of drug-likeness (QED) is 0.772. The SMILES string of the molecule is CCOC(=O)c1n[nH]c(CC(N)CC(C)(C)C)n1. The number of carbonyl (C=O) groups is 1. The first-order chi connectivity index (χ1) is 8.31. The van der Waals surface area contributed by atoms with Crippen molar-refractivity contribution < 1.29 is 9.53 Å². The van der Waals surface area contributed by atoms with E-state index in [1.807, 2.05) is 0 Å². The van der Waals surface area contributed by atoms with Crippen molar-refractivity contribution in [2.75, 3.05) is 6.61 Å². The molecule has 1 aromatic rings. The maximum Gasteiger partial charge on any atom is 0.378 e. The van der Waals surface area contributed by atoms with Crippen LogP contribution in [0, 0.1) is 5.41 Å². The van der Waals surface area contributed by atoms with Crippen LogP contribution in [0.3, 0.4) is 0 Å². The summed E-state index contributed by atoms with van der Waals surface area (Å²) >= 11 is 0. The van der Waals surface area contributed by atoms with Crippen molar-refractivity contribution >= 4 is 5.97 Å². The van der Waals surface area contributed by atoms with E-state index in [4.69, 9.17) is 10.5 Å². The lowest BCUT2D eigenvalue weighted by molar-refractivity contribution is 0.0512. The molecular formula is C12H22N4O2. The Kier molecular flexibility index (Phi) is 4.84. The molecule has 18 heavy (non-hydrogen) atoms. The molecule has 3 N–H and O–H groups in total. The molecule has 6 heteroatoms. The molecule has 1 heterocycles. The first-order valence-electron chi connectivity index (χ1n) is 6.16. The first-order valence-corrected chi connectivity index (χ1v) is 6.16. The van der Waals surface area contributed by atoms with Gasteiger partial charge in [-0.05, 0) is 18.8 Å². The van der Waals surface area contributed by atoms with E-state index in [0.29, 0.717) is 18.9 Å². The molecule has 0 aliphatic rings. The van der Waals surface area contributed by atoms with Crippen LogP contribution >= 0.6 is 0 Å². The number of nitrogens with one attached hydrogen (secondary N) is 1. The second-order valence-corrected chi connectivity index (χ2v) is 5.56. The molecule has 0 saturated heterocycles. The third-order valence-corrected chi connectivity index (χ3v) is 2.32. The van der Waals surface area contributed by atoms with E-state index in [0.717, 1.165) is 6.42 Å². The molecule has 1 rings (SSSR count). The van der Waals surface area contributed by atoms with E-state index in [2.05, 4.69) is 36.0 Å². The fourth-order valence-electron chi connectivity index (χ4n) is 1.78. The highest BCUT2D eigenvalue weighted by Crippen LogP contribution is 2.20. The van der Waals surface area contributed by atoms with Gasteiger partial charge in [0.15, 0.2) is 0 Å². The number of esters is 1. The van der Waals surface area contributed by atoms with Gasteiger partial charge in [-0.15, -0.1) is 5.10 Å². The highest BCUT2D eigenvalue weighted by atomic mass is 16.5. The normalized spacial score (nSPS) is 13.4. The first kappa shape index (κ1) is 14.6. The highest BCUT2D eigenvalue weighted by molar-refractivity contribution is 5.84. The second-order valence-electron chi connectivity index (χ2n) is 5.56. The lowest BCUT2D eigenvalue weighted by Crippen LogP contribution is -2.28. The molecular weight excluding hydrogens is 232 g/mol. The molecule has 0 spiro atoms. The zero-order valence-electron chi connectivity index (χ0n) is 11.5. The summed E-state index contributed by atoms with van der Waals surface area (Å²) in [6.45, 7) is 8.46. The summed E-state index contributed by atoms with van der Waals surface area (Å²) in [5.41, 5.74) is 6.20. The number of hydrogen-bond acceptors (Lipinski definition) is 5. The fraction of sp³-hybridized carbons (Fsp3) is 0.750. The minimum atomic E-state index is -0.510. The van der Waals surface area contributed by atoms with E-state index >= 15 is 0 Å². The van der Waals surface area contributed by atoms with Crippen molar-refractivity contribution in [2.24, 2.45) is 11.1 Å². The van der Waals surface area contributed by atoms with Crippen LogP contribution in [-0.2, 0) is 11.2 Å². The monoisotopic (exact) mass is 254 g/mol. The fourth-order valence-corrected chi connectivity index (χ4v) is 1.78. The molecule has 0 aliphatic heterocycles. The van der Waals surface area contributed by atoms with Crippen molar-refractivity contribution in [2.45, 2.75) is 46.6 Å². The van der Waals surface area contributed by atoms with Gasteiger partial charge in [0.25, 0.3) is 5.82 Å². The smallest absolute Gasteiger partial charge is 0.378 e. The predicted octanol–water partition coefficient (Wildman–Crippen LogP) is 1.29. The number of nitrogens with two attached hydrogens (primary N) is 1. The molecule has 1 atom stereocenters. The number of nitrogens with zero attached hydrogens (tertiary/aromatic N) is 2. The van der Waals surface area contributed by atoms with Gasteiger partial charge in [0.05, 0.1) is 6.61 Å². The Labute approximate surface area is 107 Å². The van der Waals surface area contributed by atoms with E-state index < -0.39 is 5.97 Å². The summed E-state index contributed by atoms with van der Waals surface area (Å²) in [5.74, 6) is 0.175. The van der Waals surface area contributed by atoms with Crippen LogP contribution < -0.4 is 5.73 Å². The van der Waals surface area contributed by atoms with E-state index in [-0.39, 0.29) is 17.3 Å². The van der Waals surface area contributed by atoms with E-state index in [9.17, 15) is 4.79 Å². The van der Waals surface area contributed by atoms with Crippen molar-refractivity contribution in [3.05, 3.63) is 11.6 Å². The molecule has 102 valence electrons. The Bertz CT molecular complexity index is 395. The maximum atomic E-state index is 11.4. The minimum Gasteiger partial charge on any atom is -0.460 e. The molecule has 0 amide bonds. The summed E-state index contributed by atoms with van der Waals surface area (Å²) in [7, 11) is 0. The van der Waals surface area contributed by atoms with Gasteiger partial charge in [-0.3, -0.25) is 5.10 Å². The summed E-state index contributed by atoms with van der Waals surface area (Å²) in [6, 6.07) is -0.00649. The molecule has 1 aromatic heterocycles. The molecule has 0 aliphatic carbocycles. The molecule has 1 unspecified atom stereocenters. The summed E-state index contributed by atoms with van der Waals surface area (Å²) in [4.78, 5) is 15.5. The molecule has 0 fully saturated rings. The van der Waals surface area contributed by atoms with Crippen molar-refractivity contribution in [3.63, 3.8) is 0 Å². The van der Waals surface area contributed by atoms with Crippen LogP contribution in [-0.4, -0.2) is 33.8 Å². The van der Waals surface area contributed by atoms with Crippen LogP contribution in [0.15, 0.2) is 0 Å². The minimum absolute atomic E-state index is 0.00649. The van der Waals surface area contributed by atoms with Crippen LogP contribution in [0.5, 0.6) is 0 Å². The zero-order chi connectivity index (χ0) is 13.8. The van der Waals surface area contributed by atoms with Gasteiger partial charge in [-0.2, -0.15) is 0 Å². The van der Waals surface area contributed by atoms with Crippen LogP contribution in [0.25, 0.3) is 0 Å². The van der Waals surface area contributed by atoms with Gasteiger partial charge in [-0.25, -0.2) is 9.78 Å². The average molecular weight is 254 g/mol. The number of hydrogen-bond donors (Lipinski definition) is 2. The highest BCUT2D eigenvalue weighted by Gasteiger charge is 2.19. The second kappa shape index (κ2) is 5.95. The molecule has 6 nitrogen and oxygen atoms in total. The van der Waals surface area contributed by atoms with Crippen LogP contribution in [0.4, 0.5) is 0 Å². The predicted molar refractivity (Wildman–Crippen MR) is 68.1 cm³/mol. The standard InChI is InChI=1S/C12H22N4O2/c1-5-18-11(17)10-14-9(15-16-10)6-8(13)7-12(2,3)4/h8H,5-7,13H2,1-4H3,(H,14,15,16). The number of aromatic amines is 1. The maximum absolute atomic E-state index is 11.4. The van der Waals surface area contributed by atoms with Gasteiger partial charge >= 0.3 is 5.97 Å². The number of carbonyl (C=O) groups excluding carboxylic acids is 1. The Balaban J connectivity index is 2.56. The third-order valence-electron chi connectivity index (χ3n) is 2.32. The molecule has 0 saturated carbocycles. The topological polar surface area (TPSA) is 93.9 Å². The number of rotatable bonds is 5. The summed E-state index contributed by atoms with van der Waals surface area (Å²) in [6.07, 6.45) is 1.45. The number of H-pyrrole nitrogens is 1. The number of ether oxygens (including phenoxy) is 1. The zero-order valence-corrected chi connectivity index (χ0v) is 11.5. The molecule has 0 radical (unpaired) electrons. The number of aromatic nitrogens is 3. The third kappa shape index (κ3) is 4.83. The summed E-state index contributed by atoms with van der Waals surface area (Å²) in [5, 5.41) is 6.54. The van der Waals surface area contributed by atoms with Crippen molar-refractivity contribution in [3.8, 4) is 0 Å². The van der Waals surface area contributed by atoms with E-state index in [1.165, 1.54) is 0 Å². The molecule has 0 bridgehead atoms. The van der Waals surface area contributed by atoms with E-state index in [1.54, 1.807) is 6.92 Å². The van der Waals surface area contributed by atoms with Gasteiger partial charge in [0.1, 0.15) is 5.82 Å². The van der Waals surface area contributed by atoms with Crippen molar-refractivity contribution in [1.82, 2.24) is 15.2 Å². The van der Waals surface area contributed by atoms with Gasteiger partial charge in [-0.1, -0.05) is 20.8 Å². The van der Waals surface area contributed by atoms with Crippen LogP contribution in [0.1, 0.15) is 50.6 Å². The average Bonchev–Trinajstić information content (AvgIpc) is 2.63.